The van der Waals surface area contributed by atoms with Crippen LogP contribution in [-0.4, -0.2) is 14.8 Å². The van der Waals surface area contributed by atoms with Crippen LogP contribution in [0.4, 0.5) is 8.78 Å². The highest BCUT2D eigenvalue weighted by atomic mass is 19.3. The Balaban J connectivity index is 3.14. The quantitative estimate of drug-likeness (QED) is 0.780. The van der Waals surface area contributed by atoms with Crippen LogP contribution in [0.25, 0.3) is 0 Å². The summed E-state index contributed by atoms with van der Waals surface area (Å²) in [7, 11) is 0. The molecule has 2 N–H and O–H groups in total. The molecule has 4 nitrogen and oxygen atoms in total. The fourth-order valence-corrected chi connectivity index (χ4v) is 1.19. The van der Waals surface area contributed by atoms with E-state index in [1.54, 1.807) is 13.8 Å². The number of nitrogens with two attached hydrogens (primary N) is 1. The molecule has 0 fully saturated rings. The third-order valence-electron chi connectivity index (χ3n) is 1.69. The van der Waals surface area contributed by atoms with Gasteiger partial charge in [0.15, 0.2) is 0 Å². The molecule has 0 bridgehead atoms. The molecule has 0 aliphatic heterocycles. The molecule has 0 radical (unpaired) electrons. The molecular weight excluding hydrogens is 178 g/mol. The summed E-state index contributed by atoms with van der Waals surface area (Å²) in [6.07, 6.45) is -2.60. The first-order chi connectivity index (χ1) is 6.07. The van der Waals surface area contributed by atoms with E-state index in [9.17, 15) is 8.78 Å². The molecule has 0 aliphatic carbocycles. The van der Waals surface area contributed by atoms with E-state index in [1.807, 2.05) is 0 Å². The smallest absolute Gasteiger partial charge is 0.297 e. The molecule has 6 heteroatoms. The van der Waals surface area contributed by atoms with Crippen molar-refractivity contribution >= 4 is 0 Å². The number of aromatic nitrogens is 3. The molecule has 0 saturated carbocycles. The van der Waals surface area contributed by atoms with Crippen LogP contribution in [0.5, 0.6) is 0 Å². The molecule has 1 rings (SSSR count). The molecule has 1 heterocycles. The van der Waals surface area contributed by atoms with Crippen LogP contribution < -0.4 is 5.73 Å². The Kier molecular flexibility index (Phi) is 2.92. The number of hydrogen-bond acceptors (Lipinski definition) is 3. The summed E-state index contributed by atoms with van der Waals surface area (Å²) in [5.74, 6) is 0.0840. The first-order valence-corrected chi connectivity index (χ1v) is 3.99. The van der Waals surface area contributed by atoms with Crippen LogP contribution >= 0.6 is 0 Å². The summed E-state index contributed by atoms with van der Waals surface area (Å²) >= 11 is 0. The summed E-state index contributed by atoms with van der Waals surface area (Å²) < 4.78 is 26.1. The summed E-state index contributed by atoms with van der Waals surface area (Å²) in [6, 6.07) is -0.0995. The SMILES string of the molecule is CC(C)n1c(CN)nnc1C(F)F. The zero-order valence-corrected chi connectivity index (χ0v) is 7.54. The number of rotatable bonds is 3. The van der Waals surface area contributed by atoms with Gasteiger partial charge in [0.25, 0.3) is 6.43 Å². The normalized spacial score (nSPS) is 11.6. The molecule has 0 amide bonds. The van der Waals surface area contributed by atoms with E-state index in [2.05, 4.69) is 10.2 Å². The predicted octanol–water partition coefficient (Wildman–Crippen LogP) is 1.26. The van der Waals surface area contributed by atoms with E-state index < -0.39 is 6.43 Å². The molecule has 0 unspecified atom stereocenters. The van der Waals surface area contributed by atoms with Gasteiger partial charge in [-0.3, -0.25) is 0 Å². The third-order valence-corrected chi connectivity index (χ3v) is 1.69. The average Bonchev–Trinajstić information content (AvgIpc) is 2.46. The molecular formula is C7H12F2N4. The van der Waals surface area contributed by atoms with Crippen molar-refractivity contribution in [1.82, 2.24) is 14.8 Å². The highest BCUT2D eigenvalue weighted by Gasteiger charge is 2.20. The molecule has 0 spiro atoms. The topological polar surface area (TPSA) is 56.7 Å². The van der Waals surface area contributed by atoms with E-state index in [-0.39, 0.29) is 18.4 Å². The molecule has 74 valence electrons. The van der Waals surface area contributed by atoms with Crippen LogP contribution in [0.1, 0.15) is 38.0 Å². The van der Waals surface area contributed by atoms with Crippen molar-refractivity contribution in [3.05, 3.63) is 11.6 Å². The Bertz CT molecular complexity index is 282. The number of nitrogens with zero attached hydrogens (tertiary/aromatic N) is 3. The summed E-state index contributed by atoms with van der Waals surface area (Å²) in [6.45, 7) is 3.70. The Hall–Kier alpha value is -1.04. The minimum Gasteiger partial charge on any atom is -0.324 e. The minimum absolute atomic E-state index is 0.0995. The van der Waals surface area contributed by atoms with E-state index in [1.165, 1.54) is 4.57 Å². The van der Waals surface area contributed by atoms with Gasteiger partial charge in [0, 0.05) is 6.04 Å². The Labute approximate surface area is 74.8 Å². The van der Waals surface area contributed by atoms with Gasteiger partial charge in [-0.25, -0.2) is 8.78 Å². The highest BCUT2D eigenvalue weighted by molar-refractivity contribution is 4.98. The second kappa shape index (κ2) is 3.78. The standard InChI is InChI=1S/C7H12F2N4/c1-4(2)13-5(3-10)11-12-7(13)6(8)9/h4,6H,3,10H2,1-2H3. The summed E-state index contributed by atoms with van der Waals surface area (Å²) in [5.41, 5.74) is 5.33. The van der Waals surface area contributed by atoms with Gasteiger partial charge in [-0.2, -0.15) is 0 Å². The van der Waals surface area contributed by atoms with Crippen LogP contribution in [-0.2, 0) is 6.54 Å². The number of halogens is 2. The van der Waals surface area contributed by atoms with Crippen molar-refractivity contribution in [1.29, 1.82) is 0 Å². The van der Waals surface area contributed by atoms with Gasteiger partial charge in [-0.1, -0.05) is 0 Å². The van der Waals surface area contributed by atoms with Gasteiger partial charge >= 0.3 is 0 Å². The molecule has 1 aromatic heterocycles. The van der Waals surface area contributed by atoms with Crippen LogP contribution in [0.2, 0.25) is 0 Å². The second-order valence-electron chi connectivity index (χ2n) is 2.94. The number of alkyl halides is 2. The Morgan fingerprint density at radius 1 is 1.38 bits per heavy atom. The molecule has 0 aromatic carbocycles. The maximum atomic E-state index is 12.4. The van der Waals surface area contributed by atoms with Crippen molar-refractivity contribution in [3.8, 4) is 0 Å². The van der Waals surface area contributed by atoms with Crippen molar-refractivity contribution in [2.45, 2.75) is 32.9 Å². The average molecular weight is 190 g/mol. The molecule has 13 heavy (non-hydrogen) atoms. The fraction of sp³-hybridized carbons (Fsp3) is 0.714. The number of hydrogen-bond donors (Lipinski definition) is 1. The van der Waals surface area contributed by atoms with Crippen LogP contribution in [0, 0.1) is 0 Å². The lowest BCUT2D eigenvalue weighted by Gasteiger charge is -2.12. The predicted molar refractivity (Wildman–Crippen MR) is 43.3 cm³/mol. The maximum Gasteiger partial charge on any atom is 0.297 e. The second-order valence-corrected chi connectivity index (χ2v) is 2.94. The van der Waals surface area contributed by atoms with Crippen molar-refractivity contribution in [3.63, 3.8) is 0 Å². The van der Waals surface area contributed by atoms with Crippen molar-refractivity contribution in [2.24, 2.45) is 5.73 Å². The first kappa shape index (κ1) is 10.0. The largest absolute Gasteiger partial charge is 0.324 e. The van der Waals surface area contributed by atoms with E-state index in [0.29, 0.717) is 5.82 Å². The maximum absolute atomic E-state index is 12.4. The lowest BCUT2D eigenvalue weighted by molar-refractivity contribution is 0.133. The molecule has 0 aliphatic rings. The van der Waals surface area contributed by atoms with E-state index >= 15 is 0 Å². The third kappa shape index (κ3) is 1.82. The van der Waals surface area contributed by atoms with Gasteiger partial charge in [0.05, 0.1) is 6.54 Å². The summed E-state index contributed by atoms with van der Waals surface area (Å²) in [5, 5.41) is 6.98. The van der Waals surface area contributed by atoms with Gasteiger partial charge in [0.2, 0.25) is 5.82 Å². The lowest BCUT2D eigenvalue weighted by atomic mass is 10.3. The minimum atomic E-state index is -2.60. The lowest BCUT2D eigenvalue weighted by Crippen LogP contribution is -2.13. The molecule has 1 aromatic rings. The van der Waals surface area contributed by atoms with Crippen molar-refractivity contribution < 1.29 is 8.78 Å². The fourth-order valence-electron chi connectivity index (χ4n) is 1.19. The van der Waals surface area contributed by atoms with Gasteiger partial charge in [0.1, 0.15) is 5.82 Å². The van der Waals surface area contributed by atoms with Crippen molar-refractivity contribution in [2.75, 3.05) is 0 Å². The Morgan fingerprint density at radius 3 is 2.38 bits per heavy atom. The molecule has 0 saturated heterocycles. The van der Waals surface area contributed by atoms with Crippen LogP contribution in [0.3, 0.4) is 0 Å². The first-order valence-electron chi connectivity index (χ1n) is 3.99. The monoisotopic (exact) mass is 190 g/mol. The Morgan fingerprint density at radius 2 is 2.00 bits per heavy atom. The zero-order valence-electron chi connectivity index (χ0n) is 7.54. The molecule has 0 atom stereocenters. The van der Waals surface area contributed by atoms with E-state index in [4.69, 9.17) is 5.73 Å². The summed E-state index contributed by atoms with van der Waals surface area (Å²) in [4.78, 5) is 0. The van der Waals surface area contributed by atoms with Crippen LogP contribution in [0.15, 0.2) is 0 Å². The van der Waals surface area contributed by atoms with Gasteiger partial charge in [-0.05, 0) is 13.8 Å². The van der Waals surface area contributed by atoms with E-state index in [0.717, 1.165) is 0 Å². The zero-order chi connectivity index (χ0) is 10.0. The van der Waals surface area contributed by atoms with Gasteiger partial charge in [-0.15, -0.1) is 10.2 Å². The highest BCUT2D eigenvalue weighted by Crippen LogP contribution is 2.21. The van der Waals surface area contributed by atoms with Gasteiger partial charge < -0.3 is 10.3 Å².